The van der Waals surface area contributed by atoms with E-state index in [9.17, 15) is 18.0 Å². The van der Waals surface area contributed by atoms with Crippen molar-refractivity contribution >= 4 is 38.9 Å². The minimum Gasteiger partial charge on any atom is -0.451 e. The van der Waals surface area contributed by atoms with E-state index < -0.39 is 28.5 Å². The molecule has 1 N–H and O–H groups in total. The van der Waals surface area contributed by atoms with E-state index in [1.54, 1.807) is 36.6 Å². The van der Waals surface area contributed by atoms with Crippen molar-refractivity contribution in [1.29, 1.82) is 0 Å². The summed E-state index contributed by atoms with van der Waals surface area (Å²) in [5, 5.41) is 4.37. The third-order valence-corrected chi connectivity index (χ3v) is 7.24. The molecule has 0 bridgehead atoms. The highest BCUT2D eigenvalue weighted by molar-refractivity contribution is 7.89. The second kappa shape index (κ2) is 8.85. The number of thiophene rings is 1. The third kappa shape index (κ3) is 4.78. The molecule has 0 saturated carbocycles. The number of esters is 1. The molecule has 1 aromatic carbocycles. The Bertz CT molecular complexity index is 949. The summed E-state index contributed by atoms with van der Waals surface area (Å²) in [6.07, 6.45) is 2.74. The minimum atomic E-state index is -3.59. The van der Waals surface area contributed by atoms with Crippen LogP contribution in [0.4, 0.5) is 5.69 Å². The van der Waals surface area contributed by atoms with E-state index in [1.807, 2.05) is 0 Å². The van der Waals surface area contributed by atoms with Gasteiger partial charge in [0.25, 0.3) is 5.91 Å². The Morgan fingerprint density at radius 2 is 1.93 bits per heavy atom. The summed E-state index contributed by atoms with van der Waals surface area (Å²) in [6, 6.07) is 8.00. The number of nitrogens with zero attached hydrogens (tertiary/aromatic N) is 1. The van der Waals surface area contributed by atoms with Gasteiger partial charge in [0.05, 0.1) is 4.90 Å². The van der Waals surface area contributed by atoms with E-state index in [0.717, 1.165) is 24.8 Å². The van der Waals surface area contributed by atoms with Crippen LogP contribution in [0, 0.1) is 6.92 Å². The molecule has 1 aliphatic heterocycles. The van der Waals surface area contributed by atoms with E-state index >= 15 is 0 Å². The number of aryl methyl sites for hydroxylation is 1. The van der Waals surface area contributed by atoms with Gasteiger partial charge >= 0.3 is 5.97 Å². The lowest BCUT2D eigenvalue weighted by atomic mass is 10.2. The number of anilines is 1. The van der Waals surface area contributed by atoms with Gasteiger partial charge in [-0.15, -0.1) is 11.3 Å². The predicted octanol–water partition coefficient (Wildman–Crippen LogP) is 3.03. The van der Waals surface area contributed by atoms with Crippen molar-refractivity contribution in [1.82, 2.24) is 4.31 Å². The first-order valence-electron chi connectivity index (χ1n) is 8.99. The van der Waals surface area contributed by atoms with Crippen LogP contribution in [0.25, 0.3) is 0 Å². The molecule has 1 amide bonds. The molecular formula is C19H22N2O5S2. The maximum atomic E-state index is 12.8. The van der Waals surface area contributed by atoms with Crippen LogP contribution < -0.4 is 5.32 Å². The molecule has 2 heterocycles. The van der Waals surface area contributed by atoms with Gasteiger partial charge in [-0.3, -0.25) is 4.79 Å². The first-order chi connectivity index (χ1) is 13.4. The number of nitrogens with one attached hydrogen (secondary N) is 1. The summed E-state index contributed by atoms with van der Waals surface area (Å²) in [6.45, 7) is 2.34. The van der Waals surface area contributed by atoms with Crippen LogP contribution in [0.5, 0.6) is 0 Å². The first-order valence-corrected chi connectivity index (χ1v) is 11.3. The molecule has 3 rings (SSSR count). The SMILES string of the molecule is Cc1ccc(S(=O)(=O)N2CCCCC2)cc1NC(=O)COC(=O)c1cccs1. The van der Waals surface area contributed by atoms with Gasteiger partial charge in [0.15, 0.2) is 6.61 Å². The summed E-state index contributed by atoms with van der Waals surface area (Å²) >= 11 is 1.23. The van der Waals surface area contributed by atoms with Crippen LogP contribution in [0.15, 0.2) is 40.6 Å². The Morgan fingerprint density at radius 1 is 1.18 bits per heavy atom. The number of rotatable bonds is 6. The predicted molar refractivity (Wildman–Crippen MR) is 107 cm³/mol. The summed E-state index contributed by atoms with van der Waals surface area (Å²) in [7, 11) is -3.59. The number of sulfonamides is 1. The topological polar surface area (TPSA) is 92.8 Å². The molecule has 2 aromatic rings. The monoisotopic (exact) mass is 422 g/mol. The lowest BCUT2D eigenvalue weighted by Gasteiger charge is -2.26. The van der Waals surface area contributed by atoms with E-state index in [2.05, 4.69) is 5.32 Å². The van der Waals surface area contributed by atoms with Crippen molar-refractivity contribution in [2.45, 2.75) is 31.1 Å². The number of hydrogen-bond donors (Lipinski definition) is 1. The molecule has 1 aromatic heterocycles. The molecule has 0 atom stereocenters. The Morgan fingerprint density at radius 3 is 2.61 bits per heavy atom. The van der Waals surface area contributed by atoms with Crippen LogP contribution in [0.3, 0.4) is 0 Å². The number of hydrogen-bond acceptors (Lipinski definition) is 6. The lowest BCUT2D eigenvalue weighted by Crippen LogP contribution is -2.35. The fourth-order valence-corrected chi connectivity index (χ4v) is 5.09. The van der Waals surface area contributed by atoms with Gasteiger partial charge in [-0.1, -0.05) is 18.6 Å². The number of carbonyl (C=O) groups is 2. The van der Waals surface area contributed by atoms with Crippen LogP contribution >= 0.6 is 11.3 Å². The van der Waals surface area contributed by atoms with Gasteiger partial charge in [0.2, 0.25) is 10.0 Å². The average molecular weight is 423 g/mol. The zero-order chi connectivity index (χ0) is 20.1. The van der Waals surface area contributed by atoms with E-state index in [1.165, 1.54) is 21.7 Å². The van der Waals surface area contributed by atoms with E-state index in [0.29, 0.717) is 23.7 Å². The number of ether oxygens (including phenoxy) is 1. The highest BCUT2D eigenvalue weighted by Crippen LogP contribution is 2.25. The molecule has 1 saturated heterocycles. The fourth-order valence-electron chi connectivity index (χ4n) is 2.93. The fraction of sp³-hybridized carbons (Fsp3) is 0.368. The molecule has 9 heteroatoms. The molecular weight excluding hydrogens is 400 g/mol. The molecule has 28 heavy (non-hydrogen) atoms. The third-order valence-electron chi connectivity index (χ3n) is 4.49. The van der Waals surface area contributed by atoms with Crippen LogP contribution in [-0.2, 0) is 19.6 Å². The van der Waals surface area contributed by atoms with Crippen molar-refractivity contribution < 1.29 is 22.7 Å². The average Bonchev–Trinajstić information content (AvgIpc) is 3.23. The number of benzene rings is 1. The van der Waals surface area contributed by atoms with Gasteiger partial charge in [-0.2, -0.15) is 4.31 Å². The maximum absolute atomic E-state index is 12.8. The van der Waals surface area contributed by atoms with Gasteiger partial charge in [-0.05, 0) is 48.9 Å². The van der Waals surface area contributed by atoms with Crippen molar-refractivity contribution in [3.8, 4) is 0 Å². The quantitative estimate of drug-likeness (QED) is 0.723. The summed E-state index contributed by atoms with van der Waals surface area (Å²) in [5.41, 5.74) is 1.10. The zero-order valence-electron chi connectivity index (χ0n) is 15.5. The summed E-state index contributed by atoms with van der Waals surface area (Å²) in [5.74, 6) is -1.09. The van der Waals surface area contributed by atoms with Crippen molar-refractivity contribution in [2.24, 2.45) is 0 Å². The van der Waals surface area contributed by atoms with E-state index in [-0.39, 0.29) is 4.90 Å². The van der Waals surface area contributed by atoms with E-state index in [4.69, 9.17) is 4.74 Å². The Kier molecular flexibility index (Phi) is 6.48. The lowest BCUT2D eigenvalue weighted by molar-refractivity contribution is -0.119. The van der Waals surface area contributed by atoms with Crippen molar-refractivity contribution in [3.63, 3.8) is 0 Å². The van der Waals surface area contributed by atoms with Crippen LogP contribution in [0.2, 0.25) is 0 Å². The summed E-state index contributed by atoms with van der Waals surface area (Å²) < 4.78 is 32.1. The highest BCUT2D eigenvalue weighted by atomic mass is 32.2. The molecule has 150 valence electrons. The van der Waals surface area contributed by atoms with Crippen molar-refractivity contribution in [2.75, 3.05) is 25.0 Å². The highest BCUT2D eigenvalue weighted by Gasteiger charge is 2.26. The first kappa shape index (κ1) is 20.5. The van der Waals surface area contributed by atoms with Gasteiger partial charge < -0.3 is 10.1 Å². The number of carbonyl (C=O) groups excluding carboxylic acids is 2. The molecule has 0 aliphatic carbocycles. The summed E-state index contributed by atoms with van der Waals surface area (Å²) in [4.78, 5) is 24.5. The smallest absolute Gasteiger partial charge is 0.348 e. The Balaban J connectivity index is 1.67. The van der Waals surface area contributed by atoms with Crippen LogP contribution in [-0.4, -0.2) is 44.3 Å². The molecule has 7 nitrogen and oxygen atoms in total. The molecule has 1 fully saturated rings. The van der Waals surface area contributed by atoms with Gasteiger partial charge in [0, 0.05) is 18.8 Å². The Hall–Kier alpha value is -2.23. The maximum Gasteiger partial charge on any atom is 0.348 e. The van der Waals surface area contributed by atoms with Crippen LogP contribution in [0.1, 0.15) is 34.5 Å². The second-order valence-corrected chi connectivity index (χ2v) is 9.43. The minimum absolute atomic E-state index is 0.144. The molecule has 0 unspecified atom stereocenters. The largest absolute Gasteiger partial charge is 0.451 e. The molecule has 1 aliphatic rings. The second-order valence-electron chi connectivity index (χ2n) is 6.54. The Labute approximate surface area is 168 Å². The van der Waals surface area contributed by atoms with Crippen molar-refractivity contribution in [3.05, 3.63) is 46.2 Å². The molecule has 0 spiro atoms. The van der Waals surface area contributed by atoms with Gasteiger partial charge in [0.1, 0.15) is 4.88 Å². The standard InChI is InChI=1S/C19H22N2O5S2/c1-14-7-8-15(28(24,25)21-9-3-2-4-10-21)12-16(14)20-18(22)13-26-19(23)17-6-5-11-27-17/h5-8,11-12H,2-4,9-10,13H2,1H3,(H,20,22). The normalized spacial score (nSPS) is 15.2. The number of amides is 1. The zero-order valence-corrected chi connectivity index (χ0v) is 17.1. The molecule has 0 radical (unpaired) electrons. The number of piperidine rings is 1. The van der Waals surface area contributed by atoms with Gasteiger partial charge in [-0.25, -0.2) is 13.2 Å².